The molecule has 0 saturated carbocycles. The van der Waals surface area contributed by atoms with Crippen molar-refractivity contribution in [1.29, 1.82) is 5.41 Å². The molecule has 1 aromatic rings. The highest BCUT2D eigenvalue weighted by Crippen LogP contribution is 2.16. The minimum Gasteiger partial charge on any atom is -0.306 e. The van der Waals surface area contributed by atoms with Gasteiger partial charge in [0.15, 0.2) is 5.92 Å². The first kappa shape index (κ1) is 12.9. The van der Waals surface area contributed by atoms with E-state index in [9.17, 15) is 14.4 Å². The zero-order chi connectivity index (χ0) is 14.2. The smallest absolute Gasteiger partial charge is 0.306 e. The predicted octanol–water partition coefficient (Wildman–Crippen LogP) is -1.04. The second kappa shape index (κ2) is 4.59. The van der Waals surface area contributed by atoms with Crippen molar-refractivity contribution in [3.05, 3.63) is 12.7 Å². The molecule has 4 amide bonds. The van der Waals surface area contributed by atoms with Crippen molar-refractivity contribution in [3.8, 4) is 0 Å². The third kappa shape index (κ3) is 2.09. The van der Waals surface area contributed by atoms with Crippen LogP contribution >= 0.6 is 0 Å². The van der Waals surface area contributed by atoms with Crippen LogP contribution in [0.3, 0.4) is 0 Å². The summed E-state index contributed by atoms with van der Waals surface area (Å²) in [6.07, 6.45) is 2.67. The van der Waals surface area contributed by atoms with Crippen LogP contribution in [-0.2, 0) is 16.1 Å². The Labute approximate surface area is 108 Å². The molecule has 19 heavy (non-hydrogen) atoms. The molecule has 0 radical (unpaired) electrons. The average Bonchev–Trinajstić information content (AvgIpc) is 2.87. The SMILES string of the molecule is CN1C(=O)C(C(=N)Cn2cncn2)C(=O)N(C)C1=O. The van der Waals surface area contributed by atoms with E-state index < -0.39 is 23.8 Å². The molecule has 1 fully saturated rings. The Morgan fingerprint density at radius 2 is 1.84 bits per heavy atom. The molecule has 9 heteroatoms. The van der Waals surface area contributed by atoms with Crippen LogP contribution < -0.4 is 0 Å². The van der Waals surface area contributed by atoms with Gasteiger partial charge in [-0.2, -0.15) is 5.10 Å². The highest BCUT2D eigenvalue weighted by Gasteiger charge is 2.44. The van der Waals surface area contributed by atoms with Crippen LogP contribution in [-0.4, -0.2) is 62.2 Å². The minimum atomic E-state index is -1.28. The van der Waals surface area contributed by atoms with E-state index in [-0.39, 0.29) is 12.3 Å². The monoisotopic (exact) mass is 264 g/mol. The summed E-state index contributed by atoms with van der Waals surface area (Å²) in [5.41, 5.74) is -0.133. The van der Waals surface area contributed by atoms with Crippen molar-refractivity contribution in [2.75, 3.05) is 14.1 Å². The molecule has 9 nitrogen and oxygen atoms in total. The highest BCUT2D eigenvalue weighted by molar-refractivity contribution is 6.26. The van der Waals surface area contributed by atoms with Crippen molar-refractivity contribution >= 4 is 23.6 Å². The Balaban J connectivity index is 2.22. The van der Waals surface area contributed by atoms with E-state index in [2.05, 4.69) is 10.1 Å². The molecule has 1 N–H and O–H groups in total. The number of amides is 4. The molecular weight excluding hydrogens is 252 g/mol. The van der Waals surface area contributed by atoms with Gasteiger partial charge < -0.3 is 5.41 Å². The molecule has 2 rings (SSSR count). The number of carbonyl (C=O) groups is 3. The van der Waals surface area contributed by atoms with Crippen molar-refractivity contribution < 1.29 is 14.4 Å². The van der Waals surface area contributed by atoms with E-state index in [0.717, 1.165) is 9.80 Å². The summed E-state index contributed by atoms with van der Waals surface area (Å²) in [6.45, 7) is -0.0297. The fraction of sp³-hybridized carbons (Fsp3) is 0.400. The van der Waals surface area contributed by atoms with Crippen LogP contribution in [0.4, 0.5) is 4.79 Å². The van der Waals surface area contributed by atoms with Crippen LogP contribution in [0.15, 0.2) is 12.7 Å². The lowest BCUT2D eigenvalue weighted by Gasteiger charge is -2.32. The number of aromatic nitrogens is 3. The Hall–Kier alpha value is -2.58. The van der Waals surface area contributed by atoms with E-state index in [1.54, 1.807) is 0 Å². The quantitative estimate of drug-likeness (QED) is 0.553. The van der Waals surface area contributed by atoms with Crippen LogP contribution in [0.1, 0.15) is 0 Å². The molecular formula is C10H12N6O3. The van der Waals surface area contributed by atoms with Gasteiger partial charge in [0.2, 0.25) is 11.8 Å². The number of hydrogen-bond donors (Lipinski definition) is 1. The Bertz CT molecular complexity index is 528. The Morgan fingerprint density at radius 1 is 1.26 bits per heavy atom. The second-order valence-electron chi connectivity index (χ2n) is 4.13. The molecule has 0 aliphatic carbocycles. The van der Waals surface area contributed by atoms with Gasteiger partial charge in [0.25, 0.3) is 0 Å². The number of hydrogen-bond acceptors (Lipinski definition) is 6. The molecule has 1 aromatic heterocycles. The van der Waals surface area contributed by atoms with Crippen molar-refractivity contribution in [2.45, 2.75) is 6.54 Å². The lowest BCUT2D eigenvalue weighted by molar-refractivity contribution is -0.144. The normalized spacial score (nSPS) is 17.3. The largest absolute Gasteiger partial charge is 0.332 e. The molecule has 0 bridgehead atoms. The van der Waals surface area contributed by atoms with Gasteiger partial charge in [-0.1, -0.05) is 0 Å². The lowest BCUT2D eigenvalue weighted by Crippen LogP contribution is -2.59. The number of carbonyl (C=O) groups excluding carboxylic acids is 3. The number of barbiturate groups is 1. The fourth-order valence-electron chi connectivity index (χ4n) is 1.78. The Kier molecular flexibility index (Phi) is 3.11. The molecule has 100 valence electrons. The van der Waals surface area contributed by atoms with Crippen LogP contribution in [0.25, 0.3) is 0 Å². The van der Waals surface area contributed by atoms with Gasteiger partial charge in [-0.25, -0.2) is 14.5 Å². The summed E-state index contributed by atoms with van der Waals surface area (Å²) in [6, 6.07) is -0.695. The molecule has 1 aliphatic rings. The zero-order valence-electron chi connectivity index (χ0n) is 10.4. The molecule has 1 aliphatic heterocycles. The van der Waals surface area contributed by atoms with Crippen molar-refractivity contribution in [3.63, 3.8) is 0 Å². The summed E-state index contributed by atoms with van der Waals surface area (Å²) in [5, 5.41) is 11.7. The van der Waals surface area contributed by atoms with Crippen LogP contribution in [0, 0.1) is 11.3 Å². The maximum absolute atomic E-state index is 11.9. The zero-order valence-corrected chi connectivity index (χ0v) is 10.4. The highest BCUT2D eigenvalue weighted by atomic mass is 16.2. The topological polar surface area (TPSA) is 112 Å². The minimum absolute atomic E-state index is 0.0297. The van der Waals surface area contributed by atoms with Crippen LogP contribution in [0.2, 0.25) is 0 Å². The summed E-state index contributed by atoms with van der Waals surface area (Å²) >= 11 is 0. The molecule has 1 saturated heterocycles. The average molecular weight is 264 g/mol. The van der Waals surface area contributed by atoms with E-state index >= 15 is 0 Å². The van der Waals surface area contributed by atoms with Crippen molar-refractivity contribution in [2.24, 2.45) is 5.92 Å². The third-order valence-electron chi connectivity index (χ3n) is 2.88. The Morgan fingerprint density at radius 3 is 2.32 bits per heavy atom. The lowest BCUT2D eigenvalue weighted by atomic mass is 9.98. The number of nitrogens with one attached hydrogen (secondary N) is 1. The van der Waals surface area contributed by atoms with Crippen LogP contribution in [0.5, 0.6) is 0 Å². The van der Waals surface area contributed by atoms with Gasteiger partial charge in [0, 0.05) is 14.1 Å². The van der Waals surface area contributed by atoms with Gasteiger partial charge in [-0.15, -0.1) is 0 Å². The van der Waals surface area contributed by atoms with E-state index in [1.807, 2.05) is 0 Å². The third-order valence-corrected chi connectivity index (χ3v) is 2.88. The first-order chi connectivity index (χ1) is 8.93. The maximum Gasteiger partial charge on any atom is 0.332 e. The molecule has 0 aromatic carbocycles. The second-order valence-corrected chi connectivity index (χ2v) is 4.13. The maximum atomic E-state index is 11.9. The van der Waals surface area contributed by atoms with E-state index in [4.69, 9.17) is 5.41 Å². The molecule has 0 unspecified atom stereocenters. The first-order valence-corrected chi connectivity index (χ1v) is 5.42. The molecule has 2 heterocycles. The number of rotatable bonds is 3. The van der Waals surface area contributed by atoms with E-state index in [1.165, 1.54) is 31.4 Å². The summed E-state index contributed by atoms with van der Waals surface area (Å²) in [7, 11) is 2.56. The van der Waals surface area contributed by atoms with Gasteiger partial charge >= 0.3 is 6.03 Å². The van der Waals surface area contributed by atoms with Gasteiger partial charge in [0.05, 0.1) is 12.3 Å². The predicted molar refractivity (Wildman–Crippen MR) is 62.2 cm³/mol. The van der Waals surface area contributed by atoms with Crippen molar-refractivity contribution in [1.82, 2.24) is 24.6 Å². The number of urea groups is 1. The fourth-order valence-corrected chi connectivity index (χ4v) is 1.78. The number of nitrogens with zero attached hydrogens (tertiary/aromatic N) is 5. The molecule has 0 spiro atoms. The molecule has 0 atom stereocenters. The summed E-state index contributed by atoms with van der Waals surface area (Å²) in [5.74, 6) is -2.67. The van der Waals surface area contributed by atoms with Gasteiger partial charge in [-0.3, -0.25) is 19.4 Å². The van der Waals surface area contributed by atoms with Gasteiger partial charge in [-0.05, 0) is 0 Å². The number of imide groups is 2. The first-order valence-electron chi connectivity index (χ1n) is 5.42. The standard InChI is InChI=1S/C10H12N6O3/c1-14-8(17)7(9(18)15(2)10(14)19)6(11)3-16-5-12-4-13-16/h4-5,7,11H,3H2,1-2H3. The van der Waals surface area contributed by atoms with E-state index in [0.29, 0.717) is 0 Å². The summed E-state index contributed by atoms with van der Waals surface area (Å²) < 4.78 is 1.33. The van der Waals surface area contributed by atoms with Gasteiger partial charge in [0.1, 0.15) is 12.7 Å². The summed E-state index contributed by atoms with van der Waals surface area (Å²) in [4.78, 5) is 40.8.